The number of fused-ring (bicyclic) bond motifs is 1. The van der Waals surface area contributed by atoms with Crippen LogP contribution < -0.4 is 4.90 Å². The third-order valence-corrected chi connectivity index (χ3v) is 3.79. The van der Waals surface area contributed by atoms with Gasteiger partial charge in [-0.15, -0.1) is 0 Å². The minimum absolute atomic E-state index is 0.0278. The second-order valence-corrected chi connectivity index (χ2v) is 5.06. The van der Waals surface area contributed by atoms with Gasteiger partial charge in [0.2, 0.25) is 0 Å². The Balaban J connectivity index is 2.03. The monoisotopic (exact) mass is 299 g/mol. The molecule has 2 aromatic carbocycles. The van der Waals surface area contributed by atoms with Gasteiger partial charge >= 0.3 is 0 Å². The van der Waals surface area contributed by atoms with Gasteiger partial charge in [-0.05, 0) is 31.0 Å². The first kappa shape index (κ1) is 14.0. The first-order chi connectivity index (χ1) is 10.6. The van der Waals surface area contributed by atoms with Crippen molar-refractivity contribution in [1.29, 1.82) is 0 Å². The van der Waals surface area contributed by atoms with Gasteiger partial charge in [0.25, 0.3) is 11.4 Å². The van der Waals surface area contributed by atoms with Crippen molar-refractivity contribution in [3.05, 3.63) is 68.3 Å². The molecule has 0 unspecified atom stereocenters. The molecule has 7 heteroatoms. The first-order valence-corrected chi connectivity index (χ1v) is 6.86. The van der Waals surface area contributed by atoms with E-state index in [0.717, 1.165) is 29.9 Å². The fourth-order valence-corrected chi connectivity index (χ4v) is 2.80. The number of benzene rings is 2. The van der Waals surface area contributed by atoms with Crippen LogP contribution in [0.3, 0.4) is 0 Å². The van der Waals surface area contributed by atoms with Crippen LogP contribution in [-0.4, -0.2) is 16.4 Å². The quantitative estimate of drug-likeness (QED) is 0.638. The Hall–Kier alpha value is -2.96. The summed E-state index contributed by atoms with van der Waals surface area (Å²) in [4.78, 5) is 23.0. The summed E-state index contributed by atoms with van der Waals surface area (Å²) in [5.74, 6) is 0. The van der Waals surface area contributed by atoms with Crippen molar-refractivity contribution in [3.63, 3.8) is 0 Å². The summed E-state index contributed by atoms with van der Waals surface area (Å²) >= 11 is 0. The van der Waals surface area contributed by atoms with Crippen molar-refractivity contribution in [1.82, 2.24) is 0 Å². The van der Waals surface area contributed by atoms with E-state index in [1.165, 1.54) is 18.2 Å². The number of nitro groups is 2. The highest BCUT2D eigenvalue weighted by molar-refractivity contribution is 5.72. The maximum Gasteiger partial charge on any atom is 0.274 e. The minimum Gasteiger partial charge on any atom is -0.341 e. The van der Waals surface area contributed by atoms with Crippen LogP contribution in [0.15, 0.2) is 42.5 Å². The highest BCUT2D eigenvalue weighted by Crippen LogP contribution is 2.38. The molecule has 0 saturated heterocycles. The molecule has 1 heterocycles. The molecule has 3 rings (SSSR count). The van der Waals surface area contributed by atoms with Crippen LogP contribution in [0.4, 0.5) is 22.7 Å². The summed E-state index contributed by atoms with van der Waals surface area (Å²) in [6.45, 7) is 0.728. The normalized spacial score (nSPS) is 13.5. The van der Waals surface area contributed by atoms with E-state index in [4.69, 9.17) is 0 Å². The van der Waals surface area contributed by atoms with Crippen LogP contribution in [0.2, 0.25) is 0 Å². The lowest BCUT2D eigenvalue weighted by Crippen LogP contribution is -2.25. The van der Waals surface area contributed by atoms with E-state index in [1.54, 1.807) is 18.2 Å². The minimum atomic E-state index is -0.446. The Morgan fingerprint density at radius 1 is 0.955 bits per heavy atom. The topological polar surface area (TPSA) is 89.5 Å². The Bertz CT molecular complexity index is 743. The Morgan fingerprint density at radius 2 is 1.68 bits per heavy atom. The second kappa shape index (κ2) is 5.44. The Labute approximate surface area is 126 Å². The zero-order chi connectivity index (χ0) is 15.7. The fourth-order valence-electron chi connectivity index (χ4n) is 2.80. The van der Waals surface area contributed by atoms with Crippen LogP contribution in [-0.2, 0) is 6.42 Å². The van der Waals surface area contributed by atoms with Gasteiger partial charge in [0.05, 0.1) is 21.1 Å². The van der Waals surface area contributed by atoms with Gasteiger partial charge in [0.15, 0.2) is 0 Å². The van der Waals surface area contributed by atoms with Gasteiger partial charge in [-0.1, -0.05) is 6.07 Å². The summed E-state index contributed by atoms with van der Waals surface area (Å²) < 4.78 is 0. The van der Waals surface area contributed by atoms with Gasteiger partial charge < -0.3 is 4.90 Å². The average molecular weight is 299 g/mol. The molecule has 0 saturated carbocycles. The predicted molar refractivity (Wildman–Crippen MR) is 81.5 cm³/mol. The van der Waals surface area contributed by atoms with Crippen molar-refractivity contribution in [2.24, 2.45) is 0 Å². The first-order valence-electron chi connectivity index (χ1n) is 6.86. The van der Waals surface area contributed by atoms with Crippen LogP contribution in [0.25, 0.3) is 0 Å². The summed E-state index contributed by atoms with van der Waals surface area (Å²) in [5.41, 5.74) is 2.47. The molecule has 0 aliphatic carbocycles. The SMILES string of the molecule is O=[N+]([O-])c1ccc(N2CCCc3c2cccc3[N+](=O)[O-])cc1. The summed E-state index contributed by atoms with van der Waals surface area (Å²) in [6, 6.07) is 11.3. The van der Waals surface area contributed by atoms with Crippen LogP contribution in [0, 0.1) is 20.2 Å². The molecule has 112 valence electrons. The average Bonchev–Trinajstić information content (AvgIpc) is 2.53. The maximum absolute atomic E-state index is 11.1. The number of nitrogens with zero attached hydrogens (tertiary/aromatic N) is 3. The van der Waals surface area contributed by atoms with E-state index in [2.05, 4.69) is 0 Å². The largest absolute Gasteiger partial charge is 0.341 e. The van der Waals surface area contributed by atoms with E-state index in [1.807, 2.05) is 11.0 Å². The molecule has 1 aliphatic heterocycles. The molecule has 0 aromatic heterocycles. The van der Waals surface area contributed by atoms with Crippen LogP contribution >= 0.6 is 0 Å². The van der Waals surface area contributed by atoms with Gasteiger partial charge in [-0.3, -0.25) is 20.2 Å². The van der Waals surface area contributed by atoms with Crippen LogP contribution in [0.1, 0.15) is 12.0 Å². The number of rotatable bonds is 3. The van der Waals surface area contributed by atoms with E-state index >= 15 is 0 Å². The van der Waals surface area contributed by atoms with E-state index < -0.39 is 4.92 Å². The predicted octanol–water partition coefficient (Wildman–Crippen LogP) is 3.59. The molecular formula is C15H13N3O4. The molecule has 0 radical (unpaired) electrons. The molecule has 2 aromatic rings. The van der Waals surface area contributed by atoms with Crippen molar-refractivity contribution < 1.29 is 9.85 Å². The second-order valence-electron chi connectivity index (χ2n) is 5.06. The molecule has 1 aliphatic rings. The summed E-state index contributed by atoms with van der Waals surface area (Å²) in [5, 5.41) is 21.9. The molecule has 7 nitrogen and oxygen atoms in total. The molecule has 0 bridgehead atoms. The lowest BCUT2D eigenvalue weighted by Gasteiger charge is -2.31. The number of non-ortho nitro benzene ring substituents is 1. The Kier molecular flexibility index (Phi) is 3.46. The lowest BCUT2D eigenvalue weighted by molar-refractivity contribution is -0.385. The number of hydrogen-bond donors (Lipinski definition) is 0. The van der Waals surface area contributed by atoms with Gasteiger partial charge in [0.1, 0.15) is 0 Å². The summed E-state index contributed by atoms with van der Waals surface area (Å²) in [6.07, 6.45) is 1.46. The fraction of sp³-hybridized carbons (Fsp3) is 0.200. The van der Waals surface area contributed by atoms with Gasteiger partial charge in [-0.25, -0.2) is 0 Å². The lowest BCUT2D eigenvalue weighted by atomic mass is 9.99. The zero-order valence-electron chi connectivity index (χ0n) is 11.6. The molecule has 0 amide bonds. The van der Waals surface area contributed by atoms with Gasteiger partial charge in [0, 0.05) is 30.4 Å². The smallest absolute Gasteiger partial charge is 0.274 e. The van der Waals surface area contributed by atoms with Crippen LogP contribution in [0.5, 0.6) is 0 Å². The number of hydrogen-bond acceptors (Lipinski definition) is 5. The van der Waals surface area contributed by atoms with E-state index in [9.17, 15) is 20.2 Å². The van der Waals surface area contributed by atoms with E-state index in [-0.39, 0.29) is 16.3 Å². The maximum atomic E-state index is 11.1. The standard InChI is InChI=1S/C15H13N3O4/c19-17(20)12-8-6-11(7-9-12)16-10-2-3-13-14(16)4-1-5-15(13)18(21)22/h1,4-9H,2-3,10H2. The summed E-state index contributed by atoms with van der Waals surface area (Å²) in [7, 11) is 0. The van der Waals surface area contributed by atoms with Crippen molar-refractivity contribution in [2.45, 2.75) is 12.8 Å². The van der Waals surface area contributed by atoms with Crippen molar-refractivity contribution in [3.8, 4) is 0 Å². The highest BCUT2D eigenvalue weighted by Gasteiger charge is 2.25. The molecule has 0 spiro atoms. The zero-order valence-corrected chi connectivity index (χ0v) is 11.6. The number of anilines is 2. The van der Waals surface area contributed by atoms with E-state index in [0.29, 0.717) is 6.42 Å². The Morgan fingerprint density at radius 3 is 2.32 bits per heavy atom. The van der Waals surface area contributed by atoms with Crippen molar-refractivity contribution >= 4 is 22.7 Å². The molecular weight excluding hydrogens is 286 g/mol. The molecule has 22 heavy (non-hydrogen) atoms. The van der Waals surface area contributed by atoms with Gasteiger partial charge in [-0.2, -0.15) is 0 Å². The number of nitro benzene ring substituents is 2. The molecule has 0 atom stereocenters. The third-order valence-electron chi connectivity index (χ3n) is 3.79. The molecule has 0 fully saturated rings. The highest BCUT2D eigenvalue weighted by atomic mass is 16.6. The molecule has 0 N–H and O–H groups in total. The van der Waals surface area contributed by atoms with Crippen molar-refractivity contribution in [2.75, 3.05) is 11.4 Å². The third kappa shape index (κ3) is 2.37.